The van der Waals surface area contributed by atoms with Gasteiger partial charge in [-0.15, -0.1) is 0 Å². The van der Waals surface area contributed by atoms with E-state index in [0.717, 1.165) is 6.20 Å². The number of nitrogens with one attached hydrogen (secondary N) is 3. The number of hydrogen-bond donors (Lipinski definition) is 3. The zero-order valence-electron chi connectivity index (χ0n) is 10.6. The highest BCUT2D eigenvalue weighted by Gasteiger charge is 2.21. The van der Waals surface area contributed by atoms with E-state index in [1.54, 1.807) is 13.2 Å². The number of nitro groups is 1. The van der Waals surface area contributed by atoms with Gasteiger partial charge >= 0.3 is 0 Å². The highest BCUT2D eigenvalue weighted by atomic mass is 16.6. The van der Waals surface area contributed by atoms with Crippen molar-refractivity contribution in [3.63, 3.8) is 0 Å². The molecule has 1 amide bonds. The van der Waals surface area contributed by atoms with Gasteiger partial charge in [-0.3, -0.25) is 14.9 Å². The molecule has 9 nitrogen and oxygen atoms in total. The predicted molar refractivity (Wildman–Crippen MR) is 70.2 cm³/mol. The molecule has 2 aromatic rings. The Morgan fingerprint density at radius 1 is 1.50 bits per heavy atom. The van der Waals surface area contributed by atoms with E-state index in [1.165, 1.54) is 12.4 Å². The molecule has 2 rings (SSSR count). The number of carbonyl (C=O) groups is 1. The second kappa shape index (κ2) is 5.78. The Morgan fingerprint density at radius 2 is 2.30 bits per heavy atom. The Labute approximate surface area is 113 Å². The van der Waals surface area contributed by atoms with Gasteiger partial charge in [0.15, 0.2) is 0 Å². The van der Waals surface area contributed by atoms with Gasteiger partial charge in [0.1, 0.15) is 17.6 Å². The van der Waals surface area contributed by atoms with E-state index in [2.05, 4.69) is 25.6 Å². The van der Waals surface area contributed by atoms with Crippen LogP contribution in [0.4, 0.5) is 11.5 Å². The van der Waals surface area contributed by atoms with Gasteiger partial charge in [-0.25, -0.2) is 9.97 Å². The number of pyridine rings is 1. The van der Waals surface area contributed by atoms with Crippen molar-refractivity contribution in [2.24, 2.45) is 0 Å². The highest BCUT2D eigenvalue weighted by molar-refractivity contribution is 5.98. The molecule has 2 heterocycles. The SMILES string of the molecule is CNc1cc(C(=O)NCc2cnc[nH]2)c([N+](=O)[O-])cn1. The zero-order valence-corrected chi connectivity index (χ0v) is 10.6. The number of anilines is 1. The standard InChI is InChI=1S/C11H12N6O3/c1-12-10-2-8(9(5-14-10)17(19)20)11(18)15-4-7-3-13-6-16-7/h2-3,5-6H,4H2,1H3,(H,12,14)(H,13,16)(H,15,18). The van der Waals surface area contributed by atoms with E-state index in [-0.39, 0.29) is 17.8 Å². The third kappa shape index (κ3) is 2.88. The summed E-state index contributed by atoms with van der Waals surface area (Å²) in [6, 6.07) is 1.33. The summed E-state index contributed by atoms with van der Waals surface area (Å²) < 4.78 is 0. The Hall–Kier alpha value is -2.97. The first-order chi connectivity index (χ1) is 9.61. The minimum absolute atomic E-state index is 0.0473. The van der Waals surface area contributed by atoms with Gasteiger partial charge in [-0.2, -0.15) is 0 Å². The quantitative estimate of drug-likeness (QED) is 0.544. The number of imidazole rings is 1. The number of carbonyl (C=O) groups excluding carboxylic acids is 1. The number of aromatic nitrogens is 3. The number of aromatic amines is 1. The maximum absolute atomic E-state index is 12.0. The largest absolute Gasteiger partial charge is 0.373 e. The lowest BCUT2D eigenvalue weighted by molar-refractivity contribution is -0.385. The molecule has 0 bridgehead atoms. The molecule has 0 saturated heterocycles. The van der Waals surface area contributed by atoms with Crippen LogP contribution in [0.25, 0.3) is 0 Å². The van der Waals surface area contributed by atoms with Crippen LogP contribution in [0.2, 0.25) is 0 Å². The van der Waals surface area contributed by atoms with E-state index in [0.29, 0.717) is 11.5 Å². The first-order valence-corrected chi connectivity index (χ1v) is 5.69. The second-order valence-electron chi connectivity index (χ2n) is 3.85. The average Bonchev–Trinajstić information content (AvgIpc) is 2.97. The van der Waals surface area contributed by atoms with Crippen molar-refractivity contribution in [1.29, 1.82) is 0 Å². The summed E-state index contributed by atoms with van der Waals surface area (Å²) in [5.41, 5.74) is 0.309. The van der Waals surface area contributed by atoms with Crippen molar-refractivity contribution >= 4 is 17.4 Å². The van der Waals surface area contributed by atoms with Gasteiger partial charge in [0.2, 0.25) is 0 Å². The van der Waals surface area contributed by atoms with E-state index in [9.17, 15) is 14.9 Å². The Bertz CT molecular complexity index is 625. The summed E-state index contributed by atoms with van der Waals surface area (Å²) in [7, 11) is 1.61. The molecule has 0 atom stereocenters. The third-order valence-electron chi connectivity index (χ3n) is 2.57. The van der Waals surface area contributed by atoms with Crippen LogP contribution >= 0.6 is 0 Å². The number of rotatable bonds is 5. The van der Waals surface area contributed by atoms with Crippen LogP contribution in [-0.2, 0) is 6.54 Å². The summed E-state index contributed by atoms with van der Waals surface area (Å²) >= 11 is 0. The lowest BCUT2D eigenvalue weighted by atomic mass is 10.2. The first-order valence-electron chi connectivity index (χ1n) is 5.69. The molecule has 3 N–H and O–H groups in total. The van der Waals surface area contributed by atoms with Crippen LogP contribution < -0.4 is 10.6 Å². The Morgan fingerprint density at radius 3 is 2.90 bits per heavy atom. The topological polar surface area (TPSA) is 126 Å². The second-order valence-corrected chi connectivity index (χ2v) is 3.85. The highest BCUT2D eigenvalue weighted by Crippen LogP contribution is 2.20. The van der Waals surface area contributed by atoms with Gasteiger partial charge in [-0.1, -0.05) is 0 Å². The molecule has 0 fully saturated rings. The van der Waals surface area contributed by atoms with E-state index in [1.807, 2.05) is 0 Å². The van der Waals surface area contributed by atoms with Crippen LogP contribution in [0.15, 0.2) is 24.8 Å². The van der Waals surface area contributed by atoms with Gasteiger partial charge < -0.3 is 15.6 Å². The molecule has 0 aliphatic rings. The maximum Gasteiger partial charge on any atom is 0.300 e. The van der Waals surface area contributed by atoms with Crippen molar-refractivity contribution in [3.05, 3.63) is 46.2 Å². The van der Waals surface area contributed by atoms with Crippen molar-refractivity contribution in [2.45, 2.75) is 6.54 Å². The summed E-state index contributed by atoms with van der Waals surface area (Å²) in [4.78, 5) is 32.7. The summed E-state index contributed by atoms with van der Waals surface area (Å²) in [5, 5.41) is 16.2. The molecular formula is C11H12N6O3. The van der Waals surface area contributed by atoms with Crippen molar-refractivity contribution in [3.8, 4) is 0 Å². The van der Waals surface area contributed by atoms with Crippen molar-refractivity contribution in [2.75, 3.05) is 12.4 Å². The lowest BCUT2D eigenvalue weighted by Crippen LogP contribution is -2.24. The average molecular weight is 276 g/mol. The molecule has 2 aromatic heterocycles. The predicted octanol–water partition coefficient (Wildman–Crippen LogP) is 0.685. The van der Waals surface area contributed by atoms with E-state index < -0.39 is 10.8 Å². The lowest BCUT2D eigenvalue weighted by Gasteiger charge is -2.06. The maximum atomic E-state index is 12.0. The van der Waals surface area contributed by atoms with Crippen LogP contribution in [0, 0.1) is 10.1 Å². The first kappa shape index (κ1) is 13.5. The van der Waals surface area contributed by atoms with Crippen LogP contribution in [0.1, 0.15) is 16.1 Å². The van der Waals surface area contributed by atoms with Gasteiger partial charge in [0.25, 0.3) is 11.6 Å². The third-order valence-corrected chi connectivity index (χ3v) is 2.57. The molecule has 0 aromatic carbocycles. The fourth-order valence-electron chi connectivity index (χ4n) is 1.56. The molecule has 9 heteroatoms. The minimum Gasteiger partial charge on any atom is -0.373 e. The Kier molecular flexibility index (Phi) is 3.89. The number of amides is 1. The monoisotopic (exact) mass is 276 g/mol. The molecule has 0 aliphatic carbocycles. The van der Waals surface area contributed by atoms with Gasteiger partial charge in [0, 0.05) is 19.3 Å². The van der Waals surface area contributed by atoms with E-state index in [4.69, 9.17) is 0 Å². The van der Waals surface area contributed by atoms with Gasteiger partial charge in [-0.05, 0) is 0 Å². The number of hydrogen-bond acceptors (Lipinski definition) is 6. The van der Waals surface area contributed by atoms with Crippen molar-refractivity contribution in [1.82, 2.24) is 20.3 Å². The number of H-pyrrole nitrogens is 1. The molecule has 20 heavy (non-hydrogen) atoms. The smallest absolute Gasteiger partial charge is 0.300 e. The number of nitrogens with zero attached hydrogens (tertiary/aromatic N) is 3. The van der Waals surface area contributed by atoms with E-state index >= 15 is 0 Å². The summed E-state index contributed by atoms with van der Waals surface area (Å²) in [6.07, 6.45) is 4.09. The Balaban J connectivity index is 2.20. The van der Waals surface area contributed by atoms with Crippen LogP contribution in [0.3, 0.4) is 0 Å². The van der Waals surface area contributed by atoms with Crippen molar-refractivity contribution < 1.29 is 9.72 Å². The molecule has 0 aliphatic heterocycles. The van der Waals surface area contributed by atoms with Crippen LogP contribution in [0.5, 0.6) is 0 Å². The van der Waals surface area contributed by atoms with Gasteiger partial charge in [0.05, 0.1) is 23.5 Å². The normalized spacial score (nSPS) is 10.1. The molecular weight excluding hydrogens is 264 g/mol. The zero-order chi connectivity index (χ0) is 14.5. The molecule has 0 unspecified atom stereocenters. The fraction of sp³-hybridized carbons (Fsp3) is 0.182. The van der Waals surface area contributed by atoms with Crippen LogP contribution in [-0.4, -0.2) is 32.8 Å². The minimum atomic E-state index is -0.641. The summed E-state index contributed by atoms with van der Waals surface area (Å²) in [5.74, 6) is -0.174. The molecule has 0 spiro atoms. The summed E-state index contributed by atoms with van der Waals surface area (Å²) in [6.45, 7) is 0.202. The molecule has 0 radical (unpaired) electrons. The molecule has 104 valence electrons. The fourth-order valence-corrected chi connectivity index (χ4v) is 1.56. The molecule has 0 saturated carbocycles.